The van der Waals surface area contributed by atoms with Gasteiger partial charge >= 0.3 is 0 Å². The molecule has 0 radical (unpaired) electrons. The number of hydrogen-bond acceptors (Lipinski definition) is 6. The Morgan fingerprint density at radius 2 is 2.30 bits per heavy atom. The first kappa shape index (κ1) is 12.9. The van der Waals surface area contributed by atoms with E-state index in [1.807, 2.05) is 19.1 Å². The normalized spacial score (nSPS) is 10.4. The van der Waals surface area contributed by atoms with Crippen molar-refractivity contribution in [2.75, 3.05) is 5.32 Å². The lowest BCUT2D eigenvalue weighted by atomic mass is 10.3. The molecule has 1 amide bonds. The molecule has 0 aliphatic carbocycles. The third kappa shape index (κ3) is 2.59. The highest BCUT2D eigenvalue weighted by atomic mass is 32.1. The van der Waals surface area contributed by atoms with Crippen LogP contribution in [0.4, 0.5) is 5.00 Å². The van der Waals surface area contributed by atoms with Crippen LogP contribution in [-0.4, -0.2) is 20.9 Å². The molecule has 5 nitrogen and oxygen atoms in total. The summed E-state index contributed by atoms with van der Waals surface area (Å²) >= 11 is 2.82. The summed E-state index contributed by atoms with van der Waals surface area (Å²) in [6.45, 7) is 1.87. The maximum Gasteiger partial charge on any atom is 0.275 e. The fourth-order valence-electron chi connectivity index (χ4n) is 1.62. The third-order valence-electron chi connectivity index (χ3n) is 2.60. The fraction of sp³-hybridized carbons (Fsp3) is 0.0769. The molecule has 3 heterocycles. The van der Waals surface area contributed by atoms with Crippen molar-refractivity contribution in [3.63, 3.8) is 0 Å². The van der Waals surface area contributed by atoms with Crippen molar-refractivity contribution >= 4 is 33.6 Å². The number of amides is 1. The van der Waals surface area contributed by atoms with Crippen LogP contribution in [-0.2, 0) is 0 Å². The van der Waals surface area contributed by atoms with Crippen LogP contribution in [0.5, 0.6) is 0 Å². The monoisotopic (exact) mass is 302 g/mol. The summed E-state index contributed by atoms with van der Waals surface area (Å²) in [5.74, 6) is -0.212. The average Bonchev–Trinajstić information content (AvgIpc) is 3.10. The summed E-state index contributed by atoms with van der Waals surface area (Å²) in [5, 5.41) is 6.13. The first-order valence-electron chi connectivity index (χ1n) is 5.81. The van der Waals surface area contributed by atoms with E-state index >= 15 is 0 Å². The number of anilines is 1. The summed E-state index contributed by atoms with van der Waals surface area (Å²) in [6.07, 6.45) is 3.47. The van der Waals surface area contributed by atoms with Crippen LogP contribution in [0.1, 0.15) is 16.2 Å². The zero-order valence-electron chi connectivity index (χ0n) is 10.5. The van der Waals surface area contributed by atoms with Gasteiger partial charge in [-0.05, 0) is 19.1 Å². The molecule has 1 N–H and O–H groups in total. The van der Waals surface area contributed by atoms with Crippen molar-refractivity contribution in [2.24, 2.45) is 0 Å². The molecule has 3 aromatic heterocycles. The number of hydrogen-bond donors (Lipinski definition) is 1. The molecular weight excluding hydrogens is 292 g/mol. The molecule has 0 saturated carbocycles. The van der Waals surface area contributed by atoms with Gasteiger partial charge in [-0.2, -0.15) is 0 Å². The molecule has 0 aliphatic rings. The van der Waals surface area contributed by atoms with E-state index in [9.17, 15) is 4.79 Å². The SMILES string of the molecule is Cc1nc(-c2cccnc2)sc1NC(=O)c1cscn1. The van der Waals surface area contributed by atoms with Gasteiger partial charge in [0.2, 0.25) is 0 Å². The lowest BCUT2D eigenvalue weighted by Crippen LogP contribution is -2.11. The van der Waals surface area contributed by atoms with Gasteiger partial charge in [0, 0.05) is 23.3 Å². The summed E-state index contributed by atoms with van der Waals surface area (Å²) in [5.41, 5.74) is 3.79. The van der Waals surface area contributed by atoms with Crippen molar-refractivity contribution in [3.8, 4) is 10.6 Å². The maximum absolute atomic E-state index is 12.0. The standard InChI is InChI=1S/C13H10N4OS2/c1-8-12(17-11(18)10-6-19-7-15-10)20-13(16-8)9-3-2-4-14-5-9/h2-7H,1H3,(H,17,18). The number of thiazole rings is 2. The molecule has 0 aromatic carbocycles. The average molecular weight is 302 g/mol. The number of nitrogens with zero attached hydrogens (tertiary/aromatic N) is 3. The lowest BCUT2D eigenvalue weighted by Gasteiger charge is -1.99. The molecule has 3 rings (SSSR count). The largest absolute Gasteiger partial charge is 0.311 e. The molecule has 0 atom stereocenters. The van der Waals surface area contributed by atoms with Crippen LogP contribution >= 0.6 is 22.7 Å². The Labute approximate surface area is 123 Å². The van der Waals surface area contributed by atoms with Gasteiger partial charge in [-0.25, -0.2) is 9.97 Å². The van der Waals surface area contributed by atoms with Crippen molar-refractivity contribution < 1.29 is 4.79 Å². The second-order valence-electron chi connectivity index (χ2n) is 4.00. The molecular formula is C13H10N4OS2. The molecule has 100 valence electrons. The van der Waals surface area contributed by atoms with Crippen LogP contribution in [0, 0.1) is 6.92 Å². The van der Waals surface area contributed by atoms with Crippen LogP contribution in [0.2, 0.25) is 0 Å². The van der Waals surface area contributed by atoms with E-state index in [4.69, 9.17) is 0 Å². The first-order chi connectivity index (χ1) is 9.74. The van der Waals surface area contributed by atoms with Gasteiger partial charge in [-0.3, -0.25) is 9.78 Å². The summed E-state index contributed by atoms with van der Waals surface area (Å²) in [6, 6.07) is 3.80. The second kappa shape index (κ2) is 5.48. The maximum atomic E-state index is 12.0. The molecule has 7 heteroatoms. The van der Waals surface area contributed by atoms with Gasteiger partial charge in [0.05, 0.1) is 11.2 Å². The predicted molar refractivity (Wildman–Crippen MR) is 80.1 cm³/mol. The van der Waals surface area contributed by atoms with Crippen molar-refractivity contribution in [2.45, 2.75) is 6.92 Å². The Morgan fingerprint density at radius 1 is 1.40 bits per heavy atom. The van der Waals surface area contributed by atoms with E-state index in [0.717, 1.165) is 21.3 Å². The molecule has 0 spiro atoms. The van der Waals surface area contributed by atoms with Gasteiger partial charge in [-0.15, -0.1) is 11.3 Å². The van der Waals surface area contributed by atoms with Crippen molar-refractivity contribution in [1.82, 2.24) is 15.0 Å². The highest BCUT2D eigenvalue weighted by molar-refractivity contribution is 7.19. The molecule has 0 saturated heterocycles. The Kier molecular flexibility index (Phi) is 3.53. The number of nitrogens with one attached hydrogen (secondary N) is 1. The quantitative estimate of drug-likeness (QED) is 0.806. The zero-order valence-corrected chi connectivity index (χ0v) is 12.2. The molecule has 0 fully saturated rings. The highest BCUT2D eigenvalue weighted by Crippen LogP contribution is 2.31. The Bertz CT molecular complexity index is 722. The molecule has 0 unspecified atom stereocenters. The zero-order chi connectivity index (χ0) is 13.9. The Balaban J connectivity index is 1.85. The minimum atomic E-state index is -0.212. The minimum absolute atomic E-state index is 0.212. The number of pyridine rings is 1. The Hall–Kier alpha value is -2.12. The van der Waals surface area contributed by atoms with Gasteiger partial charge in [-0.1, -0.05) is 11.3 Å². The second-order valence-corrected chi connectivity index (χ2v) is 5.72. The van der Waals surface area contributed by atoms with Gasteiger partial charge < -0.3 is 5.32 Å². The van der Waals surface area contributed by atoms with E-state index in [-0.39, 0.29) is 5.91 Å². The Morgan fingerprint density at radius 3 is 3.00 bits per heavy atom. The van der Waals surface area contributed by atoms with Gasteiger partial charge in [0.1, 0.15) is 15.7 Å². The number of aryl methyl sites for hydroxylation is 1. The predicted octanol–water partition coefficient (Wildman–Crippen LogP) is 3.22. The molecule has 0 aliphatic heterocycles. The van der Waals surface area contributed by atoms with E-state index in [1.165, 1.54) is 22.7 Å². The number of carbonyl (C=O) groups excluding carboxylic acids is 1. The summed E-state index contributed by atoms with van der Waals surface area (Å²) < 4.78 is 0. The fourth-order valence-corrected chi connectivity index (χ4v) is 3.10. The molecule has 0 bridgehead atoms. The number of carbonyl (C=O) groups is 1. The minimum Gasteiger partial charge on any atom is -0.311 e. The van der Waals surface area contributed by atoms with Crippen molar-refractivity contribution in [3.05, 3.63) is 46.8 Å². The number of aromatic nitrogens is 3. The molecule has 3 aromatic rings. The van der Waals surface area contributed by atoms with E-state index in [0.29, 0.717) is 5.69 Å². The van der Waals surface area contributed by atoms with Crippen LogP contribution < -0.4 is 5.32 Å². The third-order valence-corrected chi connectivity index (χ3v) is 4.31. The van der Waals surface area contributed by atoms with Crippen LogP contribution in [0.15, 0.2) is 35.4 Å². The lowest BCUT2D eigenvalue weighted by molar-refractivity contribution is 0.102. The number of rotatable bonds is 3. The first-order valence-corrected chi connectivity index (χ1v) is 7.57. The van der Waals surface area contributed by atoms with Crippen LogP contribution in [0.3, 0.4) is 0 Å². The van der Waals surface area contributed by atoms with E-state index in [1.54, 1.807) is 23.3 Å². The van der Waals surface area contributed by atoms with Gasteiger partial charge in [0.15, 0.2) is 0 Å². The van der Waals surface area contributed by atoms with Crippen LogP contribution in [0.25, 0.3) is 10.6 Å². The molecule has 20 heavy (non-hydrogen) atoms. The summed E-state index contributed by atoms with van der Waals surface area (Å²) in [4.78, 5) is 24.5. The van der Waals surface area contributed by atoms with Gasteiger partial charge in [0.25, 0.3) is 5.91 Å². The van der Waals surface area contributed by atoms with E-state index in [2.05, 4.69) is 20.3 Å². The van der Waals surface area contributed by atoms with E-state index < -0.39 is 0 Å². The summed E-state index contributed by atoms with van der Waals surface area (Å²) in [7, 11) is 0. The smallest absolute Gasteiger partial charge is 0.275 e. The highest BCUT2D eigenvalue weighted by Gasteiger charge is 2.14. The van der Waals surface area contributed by atoms with Crippen molar-refractivity contribution in [1.29, 1.82) is 0 Å². The topological polar surface area (TPSA) is 67.8 Å².